The van der Waals surface area contributed by atoms with Crippen molar-refractivity contribution < 1.29 is 33.7 Å². The number of ether oxygens (including phenoxy) is 3. The zero-order valence-electron chi connectivity index (χ0n) is 39.0. The molecule has 0 atom stereocenters. The number of nitrogens with zero attached hydrogens (tertiary/aromatic N) is 1. The number of rotatable bonds is 38. The van der Waals surface area contributed by atoms with Gasteiger partial charge < -0.3 is 24.2 Å². The van der Waals surface area contributed by atoms with E-state index >= 15 is 0 Å². The second-order valence-corrected chi connectivity index (χ2v) is 18.7. The molecule has 0 radical (unpaired) electrons. The lowest BCUT2D eigenvalue weighted by Gasteiger charge is -2.28. The van der Waals surface area contributed by atoms with Gasteiger partial charge in [0.2, 0.25) is 0 Å². The van der Waals surface area contributed by atoms with Crippen LogP contribution in [0.5, 0.6) is 0 Å². The zero-order chi connectivity index (χ0) is 42.6. The third kappa shape index (κ3) is 27.1. The molecule has 8 heteroatoms. The lowest BCUT2D eigenvalue weighted by atomic mass is 9.80. The molecule has 8 nitrogen and oxygen atoms in total. The average Bonchev–Trinajstić information content (AvgIpc) is 3.25. The van der Waals surface area contributed by atoms with Crippen molar-refractivity contribution in [2.75, 3.05) is 39.5 Å². The van der Waals surface area contributed by atoms with Gasteiger partial charge in [0.15, 0.2) is 0 Å². The van der Waals surface area contributed by atoms with Crippen LogP contribution in [0.2, 0.25) is 0 Å². The third-order valence-corrected chi connectivity index (χ3v) is 13.5. The summed E-state index contributed by atoms with van der Waals surface area (Å²) in [5.41, 5.74) is 0. The zero-order valence-corrected chi connectivity index (χ0v) is 39.0. The van der Waals surface area contributed by atoms with Crippen molar-refractivity contribution in [3.8, 4) is 0 Å². The summed E-state index contributed by atoms with van der Waals surface area (Å²) in [6.45, 7) is 10.6. The van der Waals surface area contributed by atoms with E-state index in [0.717, 1.165) is 122 Å². The molecule has 0 unspecified atom stereocenters. The van der Waals surface area contributed by atoms with Gasteiger partial charge in [0, 0.05) is 6.54 Å². The van der Waals surface area contributed by atoms with E-state index < -0.39 is 0 Å². The monoisotopic (exact) mass is 834 g/mol. The maximum absolute atomic E-state index is 13.2. The summed E-state index contributed by atoms with van der Waals surface area (Å²) in [6.07, 6.45) is 37.8. The Morgan fingerprint density at radius 3 is 1.36 bits per heavy atom. The fourth-order valence-corrected chi connectivity index (χ4v) is 9.40. The minimum absolute atomic E-state index is 0.0352. The predicted octanol–water partition coefficient (Wildman–Crippen LogP) is 13.1. The van der Waals surface area contributed by atoms with Crippen molar-refractivity contribution in [3.05, 3.63) is 0 Å². The van der Waals surface area contributed by atoms with Crippen molar-refractivity contribution in [2.45, 2.75) is 245 Å². The molecule has 2 saturated carbocycles. The second kappa shape index (κ2) is 36.9. The van der Waals surface area contributed by atoms with E-state index in [1.54, 1.807) is 0 Å². The van der Waals surface area contributed by atoms with Gasteiger partial charge in [-0.05, 0) is 128 Å². The first-order chi connectivity index (χ1) is 28.9. The van der Waals surface area contributed by atoms with Crippen molar-refractivity contribution in [1.82, 2.24) is 4.90 Å². The Morgan fingerprint density at radius 1 is 0.475 bits per heavy atom. The Labute approximate surface area is 363 Å². The van der Waals surface area contributed by atoms with E-state index in [4.69, 9.17) is 14.2 Å². The summed E-state index contributed by atoms with van der Waals surface area (Å²) in [7, 11) is 0. The van der Waals surface area contributed by atoms with Crippen molar-refractivity contribution in [3.63, 3.8) is 0 Å². The number of aliphatic hydroxyl groups is 1. The Balaban J connectivity index is 1.51. The van der Waals surface area contributed by atoms with Crippen LogP contribution in [0, 0.1) is 23.7 Å². The first-order valence-electron chi connectivity index (χ1n) is 25.8. The van der Waals surface area contributed by atoms with E-state index in [9.17, 15) is 19.5 Å². The van der Waals surface area contributed by atoms with Crippen LogP contribution in [-0.2, 0) is 28.6 Å². The highest BCUT2D eigenvalue weighted by Gasteiger charge is 2.33. The van der Waals surface area contributed by atoms with Crippen LogP contribution in [0.3, 0.4) is 0 Å². The molecule has 2 aliphatic carbocycles. The molecule has 0 saturated heterocycles. The highest BCUT2D eigenvalue weighted by atomic mass is 16.5. The van der Waals surface area contributed by atoms with Crippen LogP contribution < -0.4 is 0 Å². The first-order valence-corrected chi connectivity index (χ1v) is 25.8. The fourth-order valence-electron chi connectivity index (χ4n) is 9.40. The second-order valence-electron chi connectivity index (χ2n) is 18.7. The largest absolute Gasteiger partial charge is 0.465 e. The van der Waals surface area contributed by atoms with Gasteiger partial charge in [-0.2, -0.15) is 0 Å². The standard InChI is InChI=1S/C51H95NO7/c1-4-7-10-12-15-21-28-48(29-22-16-13-11-8-5-2)59-51(56)47-36-34-46(35-37-47)50(55)58-43-26-19-24-39-52(40-41-53)38-23-17-14-18-25-42-57-49(54)45-32-30-44(31-33-45)27-20-9-6-3/h44-48,53H,4-43H2,1-3H3. The summed E-state index contributed by atoms with van der Waals surface area (Å²) in [6, 6.07) is 0. The van der Waals surface area contributed by atoms with Crippen molar-refractivity contribution in [1.29, 1.82) is 0 Å². The first kappa shape index (κ1) is 53.5. The summed E-state index contributed by atoms with van der Waals surface area (Å²) in [4.78, 5) is 41.0. The minimum atomic E-state index is -0.106. The Bertz CT molecular complexity index is 990. The van der Waals surface area contributed by atoms with Gasteiger partial charge in [-0.25, -0.2) is 0 Å². The maximum atomic E-state index is 13.2. The maximum Gasteiger partial charge on any atom is 0.309 e. The number of unbranched alkanes of at least 4 members (excludes halogenated alkanes) is 18. The highest BCUT2D eigenvalue weighted by Crippen LogP contribution is 2.33. The Morgan fingerprint density at radius 2 is 0.864 bits per heavy atom. The van der Waals surface area contributed by atoms with E-state index in [0.29, 0.717) is 32.6 Å². The molecule has 1 N–H and O–H groups in total. The predicted molar refractivity (Wildman–Crippen MR) is 243 cm³/mol. The van der Waals surface area contributed by atoms with Gasteiger partial charge in [0.25, 0.3) is 0 Å². The summed E-state index contributed by atoms with van der Waals surface area (Å²) in [5, 5.41) is 9.60. The number of carbonyl (C=O) groups is 3. The molecule has 0 spiro atoms. The smallest absolute Gasteiger partial charge is 0.309 e. The fraction of sp³-hybridized carbons (Fsp3) is 0.941. The topological polar surface area (TPSA) is 102 Å². The van der Waals surface area contributed by atoms with Crippen LogP contribution >= 0.6 is 0 Å². The molecule has 2 rings (SSSR count). The molecule has 0 aromatic carbocycles. The quantitative estimate of drug-likeness (QED) is 0.0373. The van der Waals surface area contributed by atoms with E-state index in [-0.39, 0.29) is 48.4 Å². The van der Waals surface area contributed by atoms with Crippen molar-refractivity contribution in [2.24, 2.45) is 23.7 Å². The molecule has 0 amide bonds. The lowest BCUT2D eigenvalue weighted by Crippen LogP contribution is -2.30. The molecule has 0 aromatic rings. The van der Waals surface area contributed by atoms with Crippen LogP contribution in [0.4, 0.5) is 0 Å². The molecule has 59 heavy (non-hydrogen) atoms. The SMILES string of the molecule is CCCCCCCCC(CCCCCCCC)OC(=O)C1CCC(C(=O)OCCCCCN(CCO)CCCCCCCOC(=O)C2CCC(CCCCC)CC2)CC1. The normalized spacial score (nSPS) is 19.6. The van der Waals surface area contributed by atoms with Crippen LogP contribution in [0.25, 0.3) is 0 Å². The lowest BCUT2D eigenvalue weighted by molar-refractivity contribution is -0.159. The van der Waals surface area contributed by atoms with Gasteiger partial charge in [-0.15, -0.1) is 0 Å². The average molecular weight is 834 g/mol. The highest BCUT2D eigenvalue weighted by molar-refractivity contribution is 5.75. The van der Waals surface area contributed by atoms with Crippen LogP contribution in [0.1, 0.15) is 239 Å². The summed E-state index contributed by atoms with van der Waals surface area (Å²) < 4.78 is 17.5. The molecule has 0 aromatic heterocycles. The molecule has 2 aliphatic rings. The molecule has 0 bridgehead atoms. The van der Waals surface area contributed by atoms with Gasteiger partial charge in [-0.1, -0.05) is 130 Å². The number of hydrogen-bond donors (Lipinski definition) is 1. The summed E-state index contributed by atoms with van der Waals surface area (Å²) >= 11 is 0. The minimum Gasteiger partial charge on any atom is -0.465 e. The van der Waals surface area contributed by atoms with E-state index in [1.165, 1.54) is 103 Å². The molecule has 0 aliphatic heterocycles. The van der Waals surface area contributed by atoms with Gasteiger partial charge in [-0.3, -0.25) is 14.4 Å². The van der Waals surface area contributed by atoms with E-state index in [2.05, 4.69) is 25.7 Å². The molecule has 346 valence electrons. The molecule has 0 heterocycles. The van der Waals surface area contributed by atoms with Crippen molar-refractivity contribution >= 4 is 17.9 Å². The van der Waals surface area contributed by atoms with Crippen LogP contribution in [-0.4, -0.2) is 73.5 Å². The number of aliphatic hydroxyl groups excluding tert-OH is 1. The molecule has 2 fully saturated rings. The summed E-state index contributed by atoms with van der Waals surface area (Å²) in [5.74, 6) is 0.639. The van der Waals surface area contributed by atoms with Gasteiger partial charge >= 0.3 is 17.9 Å². The number of carbonyl (C=O) groups excluding carboxylic acids is 3. The van der Waals surface area contributed by atoms with Gasteiger partial charge in [0.05, 0.1) is 37.6 Å². The molecular formula is C51H95NO7. The number of esters is 3. The van der Waals surface area contributed by atoms with Crippen LogP contribution in [0.15, 0.2) is 0 Å². The third-order valence-electron chi connectivity index (χ3n) is 13.5. The Kier molecular flexibility index (Phi) is 33.5. The molecular weight excluding hydrogens is 739 g/mol. The van der Waals surface area contributed by atoms with Gasteiger partial charge in [0.1, 0.15) is 6.10 Å². The Hall–Kier alpha value is -1.67. The van der Waals surface area contributed by atoms with E-state index in [1.807, 2.05) is 0 Å². The number of hydrogen-bond acceptors (Lipinski definition) is 8.